The molecule has 0 bridgehead atoms. The molecular formula is C15H17NOS. The first kappa shape index (κ1) is 13.0. The van der Waals surface area contributed by atoms with Crippen LogP contribution < -0.4 is 5.32 Å². The van der Waals surface area contributed by atoms with E-state index in [1.165, 1.54) is 4.90 Å². The lowest BCUT2D eigenvalue weighted by atomic mass is 9.98. The molecule has 1 aromatic carbocycles. The molecule has 1 aliphatic heterocycles. The van der Waals surface area contributed by atoms with Crippen LogP contribution in [0.3, 0.4) is 0 Å². The molecule has 2 rings (SSSR count). The second-order valence-electron chi connectivity index (χ2n) is 4.80. The van der Waals surface area contributed by atoms with Crippen molar-refractivity contribution in [2.45, 2.75) is 30.7 Å². The lowest BCUT2D eigenvalue weighted by Gasteiger charge is -2.19. The second-order valence-corrected chi connectivity index (χ2v) is 5.86. The lowest BCUT2D eigenvalue weighted by molar-refractivity contribution is -0.122. The van der Waals surface area contributed by atoms with Crippen LogP contribution in [0.4, 0.5) is 0 Å². The first-order valence-corrected chi connectivity index (χ1v) is 7.10. The number of benzene rings is 1. The van der Waals surface area contributed by atoms with Crippen LogP contribution >= 0.6 is 11.8 Å². The summed E-state index contributed by atoms with van der Waals surface area (Å²) in [7, 11) is 0. The van der Waals surface area contributed by atoms with Crippen molar-refractivity contribution >= 4 is 17.7 Å². The first-order chi connectivity index (χ1) is 8.63. The van der Waals surface area contributed by atoms with Gasteiger partial charge in [0.05, 0.1) is 12.0 Å². The van der Waals surface area contributed by atoms with Crippen LogP contribution in [-0.2, 0) is 4.79 Å². The molecule has 1 aromatic rings. The van der Waals surface area contributed by atoms with Gasteiger partial charge in [-0.05, 0) is 17.5 Å². The molecule has 0 fully saturated rings. The first-order valence-electron chi connectivity index (χ1n) is 6.11. The van der Waals surface area contributed by atoms with Crippen molar-refractivity contribution in [1.82, 2.24) is 5.32 Å². The SMILES string of the molecule is C#CC(NC(=O)C1CSc2ccccc21)C(C)C. The Morgan fingerprint density at radius 1 is 1.50 bits per heavy atom. The molecule has 0 aromatic heterocycles. The summed E-state index contributed by atoms with van der Waals surface area (Å²) in [4.78, 5) is 13.5. The number of terminal acetylenes is 1. The summed E-state index contributed by atoms with van der Waals surface area (Å²) in [5.41, 5.74) is 1.12. The smallest absolute Gasteiger partial charge is 0.229 e. The number of thioether (sulfide) groups is 1. The number of nitrogens with one attached hydrogen (secondary N) is 1. The molecule has 94 valence electrons. The van der Waals surface area contributed by atoms with Crippen molar-refractivity contribution in [3.8, 4) is 12.3 Å². The average molecular weight is 259 g/mol. The molecule has 1 aliphatic rings. The molecule has 18 heavy (non-hydrogen) atoms. The molecule has 1 amide bonds. The monoisotopic (exact) mass is 259 g/mol. The molecule has 0 spiro atoms. The van der Waals surface area contributed by atoms with Gasteiger partial charge in [-0.3, -0.25) is 4.79 Å². The van der Waals surface area contributed by atoms with Gasteiger partial charge in [-0.15, -0.1) is 18.2 Å². The fraction of sp³-hybridized carbons (Fsp3) is 0.400. The minimum atomic E-state index is -0.185. The molecule has 2 unspecified atom stereocenters. The Kier molecular flexibility index (Phi) is 3.98. The van der Waals surface area contributed by atoms with Gasteiger partial charge in [0, 0.05) is 10.6 Å². The number of fused-ring (bicyclic) bond motifs is 1. The Bertz CT molecular complexity index is 490. The Labute approximate surface area is 113 Å². The Balaban J connectivity index is 2.10. The van der Waals surface area contributed by atoms with Gasteiger partial charge in [-0.25, -0.2) is 0 Å². The van der Waals surface area contributed by atoms with E-state index >= 15 is 0 Å². The maximum absolute atomic E-state index is 12.3. The summed E-state index contributed by atoms with van der Waals surface area (Å²) in [6.45, 7) is 4.03. The normalized spacial score (nSPS) is 19.1. The van der Waals surface area contributed by atoms with Crippen LogP contribution in [0.2, 0.25) is 0 Å². The number of hydrogen-bond donors (Lipinski definition) is 1. The zero-order chi connectivity index (χ0) is 13.1. The van der Waals surface area contributed by atoms with Gasteiger partial charge >= 0.3 is 0 Å². The van der Waals surface area contributed by atoms with E-state index in [-0.39, 0.29) is 23.8 Å². The van der Waals surface area contributed by atoms with E-state index in [0.29, 0.717) is 0 Å². The van der Waals surface area contributed by atoms with Crippen LogP contribution in [0.1, 0.15) is 25.3 Å². The van der Waals surface area contributed by atoms with Crippen molar-refractivity contribution in [3.05, 3.63) is 29.8 Å². The largest absolute Gasteiger partial charge is 0.342 e. The zero-order valence-corrected chi connectivity index (χ0v) is 11.5. The van der Waals surface area contributed by atoms with Crippen molar-refractivity contribution in [3.63, 3.8) is 0 Å². The van der Waals surface area contributed by atoms with E-state index in [1.54, 1.807) is 11.8 Å². The minimum Gasteiger partial charge on any atom is -0.342 e. The molecule has 1 N–H and O–H groups in total. The average Bonchev–Trinajstić information content (AvgIpc) is 2.79. The molecule has 0 aliphatic carbocycles. The number of amides is 1. The topological polar surface area (TPSA) is 29.1 Å². The number of hydrogen-bond acceptors (Lipinski definition) is 2. The summed E-state index contributed by atoms with van der Waals surface area (Å²) < 4.78 is 0. The summed E-state index contributed by atoms with van der Waals surface area (Å²) in [5, 5.41) is 2.96. The van der Waals surface area contributed by atoms with Gasteiger partial charge in [0.15, 0.2) is 0 Å². The van der Waals surface area contributed by atoms with Gasteiger partial charge < -0.3 is 5.32 Å². The highest BCUT2D eigenvalue weighted by Crippen LogP contribution is 2.39. The summed E-state index contributed by atoms with van der Waals surface area (Å²) in [6.07, 6.45) is 5.45. The Morgan fingerprint density at radius 2 is 2.22 bits per heavy atom. The summed E-state index contributed by atoms with van der Waals surface area (Å²) in [6, 6.07) is 7.89. The van der Waals surface area contributed by atoms with E-state index in [4.69, 9.17) is 6.42 Å². The molecule has 1 heterocycles. The van der Waals surface area contributed by atoms with Gasteiger partial charge in [-0.1, -0.05) is 38.0 Å². The van der Waals surface area contributed by atoms with E-state index in [0.717, 1.165) is 11.3 Å². The minimum absolute atomic E-state index is 0.0455. The third-order valence-electron chi connectivity index (χ3n) is 3.16. The number of rotatable bonds is 3. The Morgan fingerprint density at radius 3 is 2.89 bits per heavy atom. The Hall–Kier alpha value is -1.40. The quantitative estimate of drug-likeness (QED) is 0.846. The molecular weight excluding hydrogens is 242 g/mol. The van der Waals surface area contributed by atoms with Crippen molar-refractivity contribution in [2.75, 3.05) is 5.75 Å². The molecule has 2 nitrogen and oxygen atoms in total. The van der Waals surface area contributed by atoms with Crippen LogP contribution in [0.15, 0.2) is 29.2 Å². The van der Waals surface area contributed by atoms with Gasteiger partial charge in [0.2, 0.25) is 5.91 Å². The third-order valence-corrected chi connectivity index (χ3v) is 4.34. The summed E-state index contributed by atoms with van der Waals surface area (Å²) >= 11 is 1.73. The standard InChI is InChI=1S/C15H17NOS/c1-4-13(10(2)3)16-15(17)12-9-18-14-8-6-5-7-11(12)14/h1,5-8,10,12-13H,9H2,2-3H3,(H,16,17). The van der Waals surface area contributed by atoms with Crippen LogP contribution in [0.5, 0.6) is 0 Å². The molecule has 3 heteroatoms. The van der Waals surface area contributed by atoms with Crippen LogP contribution in [0.25, 0.3) is 0 Å². The molecule has 0 saturated heterocycles. The predicted octanol–water partition coefficient (Wildman–Crippen LogP) is 2.65. The van der Waals surface area contributed by atoms with E-state index < -0.39 is 0 Å². The maximum atomic E-state index is 12.3. The summed E-state index contributed by atoms with van der Waals surface area (Å²) in [5.74, 6) is 3.68. The van der Waals surface area contributed by atoms with Crippen LogP contribution in [0, 0.1) is 18.3 Å². The van der Waals surface area contributed by atoms with E-state index in [2.05, 4.69) is 17.3 Å². The molecule has 2 atom stereocenters. The van der Waals surface area contributed by atoms with Gasteiger partial charge in [0.25, 0.3) is 0 Å². The van der Waals surface area contributed by atoms with E-state index in [9.17, 15) is 4.79 Å². The highest BCUT2D eigenvalue weighted by Gasteiger charge is 2.30. The predicted molar refractivity (Wildman–Crippen MR) is 75.5 cm³/mol. The van der Waals surface area contributed by atoms with Crippen molar-refractivity contribution < 1.29 is 4.79 Å². The van der Waals surface area contributed by atoms with Crippen LogP contribution in [-0.4, -0.2) is 17.7 Å². The van der Waals surface area contributed by atoms with E-state index in [1.807, 2.05) is 32.0 Å². The maximum Gasteiger partial charge on any atom is 0.229 e. The fourth-order valence-electron chi connectivity index (χ4n) is 2.03. The zero-order valence-electron chi connectivity index (χ0n) is 10.6. The van der Waals surface area contributed by atoms with Gasteiger partial charge in [0.1, 0.15) is 0 Å². The highest BCUT2D eigenvalue weighted by atomic mass is 32.2. The number of carbonyl (C=O) groups excluding carboxylic acids is 1. The fourth-order valence-corrected chi connectivity index (χ4v) is 3.26. The van der Waals surface area contributed by atoms with Gasteiger partial charge in [-0.2, -0.15) is 0 Å². The molecule has 0 saturated carbocycles. The van der Waals surface area contributed by atoms with Crippen molar-refractivity contribution in [1.29, 1.82) is 0 Å². The highest BCUT2D eigenvalue weighted by molar-refractivity contribution is 7.99. The third kappa shape index (κ3) is 2.54. The molecule has 0 radical (unpaired) electrons. The lowest BCUT2D eigenvalue weighted by Crippen LogP contribution is -2.40. The number of carbonyl (C=O) groups is 1. The second kappa shape index (κ2) is 5.49. The van der Waals surface area contributed by atoms with Crippen molar-refractivity contribution in [2.24, 2.45) is 5.92 Å².